The van der Waals surface area contributed by atoms with Crippen molar-refractivity contribution in [2.45, 2.75) is 32.9 Å². The van der Waals surface area contributed by atoms with Gasteiger partial charge in [-0.15, -0.1) is 0 Å². The molecule has 5 nitrogen and oxygen atoms in total. The molecule has 20 heavy (non-hydrogen) atoms. The van der Waals surface area contributed by atoms with E-state index in [2.05, 4.69) is 5.32 Å². The molecule has 1 rings (SSSR count). The highest BCUT2D eigenvalue weighted by Gasteiger charge is 2.28. The second-order valence-electron chi connectivity index (χ2n) is 4.92. The lowest BCUT2D eigenvalue weighted by Gasteiger charge is -2.28. The van der Waals surface area contributed by atoms with Crippen LogP contribution in [0.3, 0.4) is 0 Å². The number of nitrogens with two attached hydrogens (primary N) is 1. The number of benzene rings is 1. The number of carbonyl (C=O) groups excluding carboxylic acids is 1. The van der Waals surface area contributed by atoms with Gasteiger partial charge in [-0.05, 0) is 37.1 Å². The van der Waals surface area contributed by atoms with E-state index in [0.29, 0.717) is 6.61 Å². The minimum absolute atomic E-state index is 0.191. The van der Waals surface area contributed by atoms with Crippen LogP contribution in [0.5, 0.6) is 5.75 Å². The maximum Gasteiger partial charge on any atom is 0.325 e. The van der Waals surface area contributed by atoms with Gasteiger partial charge in [0.2, 0.25) is 0 Å². The molecule has 0 aliphatic carbocycles. The fraction of sp³-hybridized carbons (Fsp3) is 0.533. The Morgan fingerprint density at radius 1 is 1.30 bits per heavy atom. The maximum atomic E-state index is 11.8. The summed E-state index contributed by atoms with van der Waals surface area (Å²) in [6.07, 6.45) is 0. The van der Waals surface area contributed by atoms with Crippen molar-refractivity contribution in [3.05, 3.63) is 24.3 Å². The summed E-state index contributed by atoms with van der Waals surface area (Å²) < 4.78 is 10.1. The third-order valence-corrected chi connectivity index (χ3v) is 3.09. The molecule has 0 aliphatic rings. The summed E-state index contributed by atoms with van der Waals surface area (Å²) in [5, 5.41) is 3.29. The molecule has 0 heterocycles. The highest BCUT2D eigenvalue weighted by molar-refractivity contribution is 5.77. The second-order valence-corrected chi connectivity index (χ2v) is 4.92. The fourth-order valence-corrected chi connectivity index (χ4v) is 1.94. The lowest BCUT2D eigenvalue weighted by atomic mass is 9.96. The lowest BCUT2D eigenvalue weighted by Crippen LogP contribution is -2.49. The van der Waals surface area contributed by atoms with Crippen molar-refractivity contribution in [1.29, 1.82) is 0 Å². The third kappa shape index (κ3) is 4.42. The molecule has 0 amide bonds. The van der Waals surface area contributed by atoms with Crippen molar-refractivity contribution in [1.82, 2.24) is 0 Å². The van der Waals surface area contributed by atoms with Crippen molar-refractivity contribution in [2.75, 3.05) is 19.0 Å². The van der Waals surface area contributed by atoms with Crippen LogP contribution in [-0.4, -0.2) is 31.8 Å². The number of nitrogens with one attached hydrogen (secondary N) is 1. The van der Waals surface area contributed by atoms with Crippen molar-refractivity contribution in [3.63, 3.8) is 0 Å². The van der Waals surface area contributed by atoms with Gasteiger partial charge in [-0.25, -0.2) is 0 Å². The predicted molar refractivity (Wildman–Crippen MR) is 79.9 cm³/mol. The minimum Gasteiger partial charge on any atom is -0.497 e. The van der Waals surface area contributed by atoms with Crippen molar-refractivity contribution >= 4 is 11.7 Å². The Morgan fingerprint density at radius 2 is 1.90 bits per heavy atom. The van der Waals surface area contributed by atoms with Crippen LogP contribution in [0.4, 0.5) is 5.69 Å². The van der Waals surface area contributed by atoms with Crippen LogP contribution in [0.25, 0.3) is 0 Å². The number of methoxy groups -OCH3 is 1. The molecule has 1 aromatic rings. The van der Waals surface area contributed by atoms with Crippen molar-refractivity contribution in [2.24, 2.45) is 11.7 Å². The molecular weight excluding hydrogens is 256 g/mol. The van der Waals surface area contributed by atoms with E-state index in [9.17, 15) is 4.79 Å². The largest absolute Gasteiger partial charge is 0.497 e. The first kappa shape index (κ1) is 16.3. The summed E-state index contributed by atoms with van der Waals surface area (Å²) >= 11 is 0. The Labute approximate surface area is 120 Å². The highest BCUT2D eigenvalue weighted by Crippen LogP contribution is 2.19. The van der Waals surface area contributed by atoms with Crippen LogP contribution in [0.2, 0.25) is 0 Å². The number of carbonyl (C=O) groups is 1. The van der Waals surface area contributed by atoms with E-state index < -0.39 is 6.04 Å². The van der Waals surface area contributed by atoms with Gasteiger partial charge < -0.3 is 20.5 Å². The molecule has 0 unspecified atom stereocenters. The number of anilines is 1. The average Bonchev–Trinajstić information content (AvgIpc) is 2.44. The molecule has 3 N–H and O–H groups in total. The topological polar surface area (TPSA) is 73.6 Å². The predicted octanol–water partition coefficient (Wildman–Crippen LogP) is 2.02. The van der Waals surface area contributed by atoms with E-state index in [4.69, 9.17) is 15.2 Å². The molecule has 0 saturated carbocycles. The summed E-state index contributed by atoms with van der Waals surface area (Å²) in [5.41, 5.74) is 6.88. The van der Waals surface area contributed by atoms with E-state index in [1.54, 1.807) is 14.0 Å². The molecule has 2 atom stereocenters. The zero-order chi connectivity index (χ0) is 15.1. The Bertz CT molecular complexity index is 418. The standard InChI is InChI=1S/C15H24N2O3/c1-5-20-15(18)13(16)14(10(2)3)17-11-6-8-12(19-4)9-7-11/h6-10,13-14,17H,5,16H2,1-4H3/t13-,14+/m1/s1. The third-order valence-electron chi connectivity index (χ3n) is 3.09. The molecule has 0 aromatic heterocycles. The maximum absolute atomic E-state index is 11.8. The number of ether oxygens (including phenoxy) is 2. The summed E-state index contributed by atoms with van der Waals surface area (Å²) in [4.78, 5) is 11.8. The van der Waals surface area contributed by atoms with Gasteiger partial charge in [-0.3, -0.25) is 4.79 Å². The van der Waals surface area contributed by atoms with E-state index in [1.165, 1.54) is 0 Å². The Hall–Kier alpha value is -1.75. The number of hydrogen-bond acceptors (Lipinski definition) is 5. The second kappa shape index (κ2) is 7.75. The minimum atomic E-state index is -0.697. The zero-order valence-corrected chi connectivity index (χ0v) is 12.6. The van der Waals surface area contributed by atoms with Gasteiger partial charge in [0, 0.05) is 5.69 Å². The molecule has 0 saturated heterocycles. The molecular formula is C15H24N2O3. The van der Waals surface area contributed by atoms with E-state index >= 15 is 0 Å². The monoisotopic (exact) mass is 280 g/mol. The van der Waals surface area contributed by atoms with Crippen molar-refractivity contribution in [3.8, 4) is 5.75 Å². The molecule has 5 heteroatoms. The highest BCUT2D eigenvalue weighted by atomic mass is 16.5. The van der Waals surface area contributed by atoms with E-state index in [-0.39, 0.29) is 17.9 Å². The lowest BCUT2D eigenvalue weighted by molar-refractivity contribution is -0.145. The summed E-state index contributed by atoms with van der Waals surface area (Å²) in [6, 6.07) is 6.61. The molecule has 0 spiro atoms. The van der Waals surface area contributed by atoms with Gasteiger partial charge in [-0.2, -0.15) is 0 Å². The van der Waals surface area contributed by atoms with Crippen LogP contribution in [-0.2, 0) is 9.53 Å². The fourth-order valence-electron chi connectivity index (χ4n) is 1.94. The number of hydrogen-bond donors (Lipinski definition) is 2. The molecule has 0 fully saturated rings. The van der Waals surface area contributed by atoms with Crippen LogP contribution < -0.4 is 15.8 Å². The molecule has 0 radical (unpaired) electrons. The quantitative estimate of drug-likeness (QED) is 0.748. The van der Waals surface area contributed by atoms with Crippen LogP contribution in [0, 0.1) is 5.92 Å². The number of rotatable bonds is 7. The van der Waals surface area contributed by atoms with E-state index in [0.717, 1.165) is 11.4 Å². The van der Waals surface area contributed by atoms with Crippen LogP contribution in [0.1, 0.15) is 20.8 Å². The van der Waals surface area contributed by atoms with Gasteiger partial charge in [-0.1, -0.05) is 13.8 Å². The first-order chi connectivity index (χ1) is 9.49. The molecule has 0 aliphatic heterocycles. The van der Waals surface area contributed by atoms with E-state index in [1.807, 2.05) is 38.1 Å². The first-order valence-corrected chi connectivity index (χ1v) is 6.82. The Morgan fingerprint density at radius 3 is 2.35 bits per heavy atom. The Balaban J connectivity index is 2.78. The summed E-state index contributed by atoms with van der Waals surface area (Å²) in [5.74, 6) is 0.593. The van der Waals surface area contributed by atoms with Crippen LogP contribution >= 0.6 is 0 Å². The van der Waals surface area contributed by atoms with Gasteiger partial charge in [0.15, 0.2) is 0 Å². The normalized spacial score (nSPS) is 13.7. The summed E-state index contributed by atoms with van der Waals surface area (Å²) in [7, 11) is 1.62. The van der Waals surface area contributed by atoms with Gasteiger partial charge >= 0.3 is 5.97 Å². The van der Waals surface area contributed by atoms with Crippen LogP contribution in [0.15, 0.2) is 24.3 Å². The van der Waals surface area contributed by atoms with Gasteiger partial charge in [0.25, 0.3) is 0 Å². The zero-order valence-electron chi connectivity index (χ0n) is 12.6. The van der Waals surface area contributed by atoms with Crippen molar-refractivity contribution < 1.29 is 14.3 Å². The molecule has 1 aromatic carbocycles. The molecule has 112 valence electrons. The Kier molecular flexibility index (Phi) is 6.31. The average molecular weight is 280 g/mol. The number of esters is 1. The van der Waals surface area contributed by atoms with Gasteiger partial charge in [0.05, 0.1) is 19.8 Å². The SMILES string of the molecule is CCOC(=O)[C@H](N)[C@@H](Nc1ccc(OC)cc1)C(C)C. The smallest absolute Gasteiger partial charge is 0.325 e. The first-order valence-electron chi connectivity index (χ1n) is 6.82. The molecule has 0 bridgehead atoms. The van der Waals surface area contributed by atoms with Gasteiger partial charge in [0.1, 0.15) is 11.8 Å². The summed E-state index contributed by atoms with van der Waals surface area (Å²) in [6.45, 7) is 6.13.